The van der Waals surface area contributed by atoms with Crippen LogP contribution in [-0.4, -0.2) is 0 Å². The van der Waals surface area contributed by atoms with Crippen LogP contribution in [0.2, 0.25) is 0 Å². The van der Waals surface area contributed by atoms with Crippen LogP contribution in [0, 0.1) is 6.92 Å². The van der Waals surface area contributed by atoms with Crippen molar-refractivity contribution in [3.05, 3.63) is 33.8 Å². The highest BCUT2D eigenvalue weighted by Crippen LogP contribution is 2.16. The predicted octanol–water partition coefficient (Wildman–Crippen LogP) is 2.69. The van der Waals surface area contributed by atoms with Crippen LogP contribution in [0.4, 0.5) is 0 Å². The molecule has 1 nitrogen and oxygen atoms in total. The third kappa shape index (κ3) is 1.58. The summed E-state index contributed by atoms with van der Waals surface area (Å²) in [5.74, 6) is 0. The van der Waals surface area contributed by atoms with Crippen molar-refractivity contribution in [2.24, 2.45) is 0 Å². The molecular formula is C8H8BrO. The summed E-state index contributed by atoms with van der Waals surface area (Å²) in [6.07, 6.45) is 0. The third-order valence-corrected chi connectivity index (χ3v) is 2.28. The van der Waals surface area contributed by atoms with Crippen molar-refractivity contribution in [2.45, 2.75) is 13.5 Å². The Labute approximate surface area is 68.8 Å². The van der Waals surface area contributed by atoms with Crippen LogP contribution in [0.1, 0.15) is 11.1 Å². The van der Waals surface area contributed by atoms with Gasteiger partial charge in [0.25, 0.3) is 0 Å². The van der Waals surface area contributed by atoms with Crippen molar-refractivity contribution in [2.75, 3.05) is 0 Å². The minimum Gasteiger partial charge on any atom is -0.232 e. The number of benzene rings is 1. The fourth-order valence-corrected chi connectivity index (χ4v) is 1.04. The summed E-state index contributed by atoms with van der Waals surface area (Å²) >= 11 is 3.36. The first-order valence-corrected chi connectivity index (χ1v) is 3.86. The normalized spacial score (nSPS) is 9.90. The molecule has 0 spiro atoms. The predicted molar refractivity (Wildman–Crippen MR) is 43.3 cm³/mol. The molecule has 10 heavy (non-hydrogen) atoms. The summed E-state index contributed by atoms with van der Waals surface area (Å²) in [4.78, 5) is 0. The number of halogens is 1. The van der Waals surface area contributed by atoms with Gasteiger partial charge >= 0.3 is 0 Å². The maximum Gasteiger partial charge on any atom is 0.107 e. The molecule has 0 N–H and O–H groups in total. The molecule has 0 aliphatic carbocycles. The Morgan fingerprint density at radius 2 is 2.20 bits per heavy atom. The molecule has 0 fully saturated rings. The Balaban J connectivity index is 3.04. The van der Waals surface area contributed by atoms with Gasteiger partial charge in [0.2, 0.25) is 0 Å². The Morgan fingerprint density at radius 3 is 2.70 bits per heavy atom. The van der Waals surface area contributed by atoms with Crippen molar-refractivity contribution in [3.63, 3.8) is 0 Å². The molecule has 1 radical (unpaired) electrons. The van der Waals surface area contributed by atoms with Crippen LogP contribution in [-0.2, 0) is 11.7 Å². The lowest BCUT2D eigenvalue weighted by atomic mass is 10.1. The van der Waals surface area contributed by atoms with Crippen molar-refractivity contribution in [1.82, 2.24) is 0 Å². The van der Waals surface area contributed by atoms with Gasteiger partial charge in [-0.05, 0) is 24.1 Å². The van der Waals surface area contributed by atoms with Crippen molar-refractivity contribution >= 4 is 15.9 Å². The average molecular weight is 200 g/mol. The van der Waals surface area contributed by atoms with Gasteiger partial charge in [0, 0.05) is 4.47 Å². The molecule has 0 atom stereocenters. The minimum absolute atomic E-state index is 0.131. The first-order chi connectivity index (χ1) is 4.74. The lowest BCUT2D eigenvalue weighted by Crippen LogP contribution is -1.82. The molecule has 0 saturated heterocycles. The summed E-state index contributed by atoms with van der Waals surface area (Å²) in [5, 5.41) is 10.4. The number of aryl methyl sites for hydroxylation is 1. The average Bonchev–Trinajstić information content (AvgIpc) is 1.95. The molecule has 1 aromatic rings. The molecule has 53 valence electrons. The molecule has 0 aliphatic rings. The highest BCUT2D eigenvalue weighted by molar-refractivity contribution is 9.10. The van der Waals surface area contributed by atoms with Crippen LogP contribution in [0.5, 0.6) is 0 Å². The zero-order chi connectivity index (χ0) is 7.56. The van der Waals surface area contributed by atoms with Crippen molar-refractivity contribution < 1.29 is 5.11 Å². The monoisotopic (exact) mass is 199 g/mol. The van der Waals surface area contributed by atoms with Gasteiger partial charge in [-0.15, -0.1) is 0 Å². The van der Waals surface area contributed by atoms with E-state index in [-0.39, 0.29) is 6.61 Å². The lowest BCUT2D eigenvalue weighted by Gasteiger charge is -1.98. The molecular weight excluding hydrogens is 192 g/mol. The van der Waals surface area contributed by atoms with Gasteiger partial charge in [0.1, 0.15) is 6.61 Å². The van der Waals surface area contributed by atoms with E-state index in [0.29, 0.717) is 0 Å². The van der Waals surface area contributed by atoms with Gasteiger partial charge in [0.15, 0.2) is 0 Å². The second-order valence-corrected chi connectivity index (χ2v) is 3.08. The largest absolute Gasteiger partial charge is 0.232 e. The second-order valence-electron chi connectivity index (χ2n) is 2.23. The Bertz CT molecular complexity index is 233. The molecule has 1 aromatic carbocycles. The summed E-state index contributed by atoms with van der Waals surface area (Å²) in [6.45, 7) is 1.84. The van der Waals surface area contributed by atoms with Crippen LogP contribution in [0.15, 0.2) is 22.7 Å². The maximum atomic E-state index is 10.4. The minimum atomic E-state index is -0.131. The van der Waals surface area contributed by atoms with Crippen LogP contribution in [0.25, 0.3) is 0 Å². The quantitative estimate of drug-likeness (QED) is 0.664. The van der Waals surface area contributed by atoms with Gasteiger partial charge in [-0.3, -0.25) is 0 Å². The van der Waals surface area contributed by atoms with E-state index in [0.717, 1.165) is 15.6 Å². The Hall–Kier alpha value is -0.340. The highest BCUT2D eigenvalue weighted by Gasteiger charge is 1.94. The molecule has 0 heterocycles. The highest BCUT2D eigenvalue weighted by atomic mass is 79.9. The maximum absolute atomic E-state index is 10.4. The van der Waals surface area contributed by atoms with E-state index in [1.54, 1.807) is 0 Å². The Kier molecular flexibility index (Phi) is 2.46. The fraction of sp³-hybridized carbons (Fsp3) is 0.250. The number of rotatable bonds is 1. The number of hydrogen-bond acceptors (Lipinski definition) is 0. The summed E-state index contributed by atoms with van der Waals surface area (Å²) in [5.41, 5.74) is 1.97. The standard InChI is InChI=1S/C8H8BrO/c1-6-4-7(5-10)2-3-8(6)9/h2-4H,5H2,1H3. The van der Waals surface area contributed by atoms with Gasteiger partial charge in [0.05, 0.1) is 0 Å². The molecule has 0 aliphatic heterocycles. The van der Waals surface area contributed by atoms with E-state index in [2.05, 4.69) is 15.9 Å². The molecule has 0 aromatic heterocycles. The molecule has 0 bridgehead atoms. The van der Waals surface area contributed by atoms with E-state index in [1.165, 1.54) is 0 Å². The zero-order valence-electron chi connectivity index (χ0n) is 5.73. The van der Waals surface area contributed by atoms with Crippen LogP contribution in [0.3, 0.4) is 0 Å². The third-order valence-electron chi connectivity index (χ3n) is 1.39. The SMILES string of the molecule is Cc1cc(C[O])ccc1Br. The van der Waals surface area contributed by atoms with E-state index in [4.69, 9.17) is 0 Å². The first-order valence-electron chi connectivity index (χ1n) is 3.07. The van der Waals surface area contributed by atoms with E-state index < -0.39 is 0 Å². The van der Waals surface area contributed by atoms with E-state index in [1.807, 2.05) is 25.1 Å². The fourth-order valence-electron chi connectivity index (χ4n) is 0.797. The van der Waals surface area contributed by atoms with Crippen LogP contribution >= 0.6 is 15.9 Å². The lowest BCUT2D eigenvalue weighted by molar-refractivity contribution is 0.177. The Morgan fingerprint density at radius 1 is 1.50 bits per heavy atom. The van der Waals surface area contributed by atoms with Gasteiger partial charge in [-0.25, -0.2) is 5.11 Å². The topological polar surface area (TPSA) is 19.9 Å². The van der Waals surface area contributed by atoms with Crippen molar-refractivity contribution in [1.29, 1.82) is 0 Å². The molecule has 0 amide bonds. The summed E-state index contributed by atoms with van der Waals surface area (Å²) in [7, 11) is 0. The second kappa shape index (κ2) is 3.17. The summed E-state index contributed by atoms with van der Waals surface area (Å²) < 4.78 is 1.06. The molecule has 0 unspecified atom stereocenters. The van der Waals surface area contributed by atoms with E-state index >= 15 is 0 Å². The zero-order valence-corrected chi connectivity index (χ0v) is 7.31. The van der Waals surface area contributed by atoms with Gasteiger partial charge < -0.3 is 0 Å². The smallest absolute Gasteiger partial charge is 0.107 e. The van der Waals surface area contributed by atoms with E-state index in [9.17, 15) is 5.11 Å². The van der Waals surface area contributed by atoms with Gasteiger partial charge in [-0.1, -0.05) is 28.1 Å². The van der Waals surface area contributed by atoms with Crippen molar-refractivity contribution in [3.8, 4) is 0 Å². The molecule has 2 heteroatoms. The number of hydrogen-bond donors (Lipinski definition) is 0. The van der Waals surface area contributed by atoms with Crippen LogP contribution < -0.4 is 0 Å². The summed E-state index contributed by atoms with van der Waals surface area (Å²) in [6, 6.07) is 5.64. The van der Waals surface area contributed by atoms with Gasteiger partial charge in [-0.2, -0.15) is 0 Å². The molecule has 1 rings (SSSR count). The molecule has 0 saturated carbocycles. The first kappa shape index (κ1) is 7.76.